The summed E-state index contributed by atoms with van der Waals surface area (Å²) >= 11 is 0. The standard InChI is InChI=1S/C24H22N2O/c1-2-4-17(5-3-1)12-19-8-11-24-20(13-19)15-21(27-24)9-6-18-7-10-22-23(14-18)26-16-25-22/h1-5,7-8,10-11,13-14,16,18,21H,6,9,12,15H2. The molecule has 0 amide bonds. The molecule has 0 saturated carbocycles. The molecule has 0 aromatic heterocycles. The highest BCUT2D eigenvalue weighted by Crippen LogP contribution is 2.33. The number of benzene rings is 2. The number of fused-ring (bicyclic) bond motifs is 2. The van der Waals surface area contributed by atoms with E-state index >= 15 is 0 Å². The van der Waals surface area contributed by atoms with Crippen molar-refractivity contribution in [3.8, 4) is 5.75 Å². The summed E-state index contributed by atoms with van der Waals surface area (Å²) in [6.07, 6.45) is 12.6. The van der Waals surface area contributed by atoms with Crippen molar-refractivity contribution in [1.29, 1.82) is 0 Å². The zero-order chi connectivity index (χ0) is 18.1. The monoisotopic (exact) mass is 354 g/mol. The number of allylic oxidation sites excluding steroid dienone is 3. The van der Waals surface area contributed by atoms with E-state index in [-0.39, 0.29) is 6.10 Å². The van der Waals surface area contributed by atoms with Crippen molar-refractivity contribution < 1.29 is 4.74 Å². The number of hydrogen-bond acceptors (Lipinski definition) is 3. The van der Waals surface area contributed by atoms with Gasteiger partial charge in [-0.05, 0) is 60.1 Å². The third-order valence-electron chi connectivity index (χ3n) is 5.47. The maximum absolute atomic E-state index is 6.19. The first-order valence-corrected chi connectivity index (χ1v) is 9.66. The normalized spacial score (nSPS) is 22.1. The van der Waals surface area contributed by atoms with Crippen LogP contribution in [0.4, 0.5) is 0 Å². The van der Waals surface area contributed by atoms with Crippen molar-refractivity contribution in [3.63, 3.8) is 0 Å². The Labute approximate surface area is 159 Å². The van der Waals surface area contributed by atoms with E-state index in [0.29, 0.717) is 5.92 Å². The van der Waals surface area contributed by atoms with Gasteiger partial charge in [-0.2, -0.15) is 0 Å². The van der Waals surface area contributed by atoms with Crippen LogP contribution in [0.5, 0.6) is 5.75 Å². The van der Waals surface area contributed by atoms with Crippen LogP contribution in [0.1, 0.15) is 29.5 Å². The Morgan fingerprint density at radius 2 is 1.93 bits per heavy atom. The Morgan fingerprint density at radius 3 is 2.85 bits per heavy atom. The molecule has 0 bridgehead atoms. The van der Waals surface area contributed by atoms with Gasteiger partial charge < -0.3 is 4.74 Å². The summed E-state index contributed by atoms with van der Waals surface area (Å²) in [6.45, 7) is 0. The van der Waals surface area contributed by atoms with Crippen LogP contribution in [0.3, 0.4) is 0 Å². The Kier molecular flexibility index (Phi) is 4.21. The van der Waals surface area contributed by atoms with E-state index in [9.17, 15) is 0 Å². The second kappa shape index (κ2) is 6.99. The minimum atomic E-state index is 0.279. The minimum Gasteiger partial charge on any atom is -0.490 e. The van der Waals surface area contributed by atoms with E-state index in [4.69, 9.17) is 4.74 Å². The lowest BCUT2D eigenvalue weighted by Crippen LogP contribution is -2.15. The van der Waals surface area contributed by atoms with E-state index in [0.717, 1.165) is 42.8 Å². The third kappa shape index (κ3) is 3.50. The zero-order valence-corrected chi connectivity index (χ0v) is 15.2. The number of ether oxygens (including phenoxy) is 1. The van der Waals surface area contributed by atoms with Gasteiger partial charge in [0, 0.05) is 6.42 Å². The largest absolute Gasteiger partial charge is 0.490 e. The van der Waals surface area contributed by atoms with Crippen LogP contribution >= 0.6 is 0 Å². The lowest BCUT2D eigenvalue weighted by atomic mass is 9.93. The summed E-state index contributed by atoms with van der Waals surface area (Å²) in [5.74, 6) is 1.49. The van der Waals surface area contributed by atoms with Crippen LogP contribution in [-0.2, 0) is 12.8 Å². The lowest BCUT2D eigenvalue weighted by Gasteiger charge is -2.16. The van der Waals surface area contributed by atoms with Gasteiger partial charge in [0.2, 0.25) is 0 Å². The maximum Gasteiger partial charge on any atom is 0.123 e. The highest BCUT2D eigenvalue weighted by molar-refractivity contribution is 6.15. The van der Waals surface area contributed by atoms with Crippen molar-refractivity contribution in [2.45, 2.75) is 31.8 Å². The van der Waals surface area contributed by atoms with Crippen LogP contribution in [0.15, 0.2) is 82.4 Å². The third-order valence-corrected chi connectivity index (χ3v) is 5.47. The summed E-state index contributed by atoms with van der Waals surface area (Å²) in [5.41, 5.74) is 6.06. The minimum absolute atomic E-state index is 0.279. The second-order valence-electron chi connectivity index (χ2n) is 7.46. The van der Waals surface area contributed by atoms with Gasteiger partial charge in [-0.1, -0.05) is 48.5 Å². The fraction of sp³-hybridized carbons (Fsp3) is 0.250. The van der Waals surface area contributed by atoms with Gasteiger partial charge in [0.1, 0.15) is 18.2 Å². The number of rotatable bonds is 5. The molecule has 5 rings (SSSR count). The smallest absolute Gasteiger partial charge is 0.123 e. The van der Waals surface area contributed by atoms with Crippen LogP contribution in [0.25, 0.3) is 0 Å². The Balaban J connectivity index is 1.20. The number of nitrogens with zero attached hydrogens (tertiary/aromatic N) is 2. The number of hydrogen-bond donors (Lipinski definition) is 0. The Hall–Kier alpha value is -2.94. The first-order chi connectivity index (χ1) is 13.3. The van der Waals surface area contributed by atoms with Crippen LogP contribution < -0.4 is 4.74 Å². The zero-order valence-electron chi connectivity index (χ0n) is 15.2. The number of aliphatic imine (C=N–C) groups is 2. The quantitative estimate of drug-likeness (QED) is 0.751. The molecule has 0 fully saturated rings. The van der Waals surface area contributed by atoms with Crippen LogP contribution in [-0.4, -0.2) is 18.2 Å². The summed E-state index contributed by atoms with van der Waals surface area (Å²) in [4.78, 5) is 8.55. The molecule has 2 aromatic carbocycles. The summed E-state index contributed by atoms with van der Waals surface area (Å²) in [6, 6.07) is 17.3. The fourth-order valence-corrected chi connectivity index (χ4v) is 4.05. The highest BCUT2D eigenvalue weighted by atomic mass is 16.5. The van der Waals surface area contributed by atoms with Crippen molar-refractivity contribution >= 4 is 12.1 Å². The molecule has 0 N–H and O–H groups in total. The lowest BCUT2D eigenvalue weighted by molar-refractivity contribution is 0.215. The second-order valence-corrected chi connectivity index (χ2v) is 7.46. The van der Waals surface area contributed by atoms with Gasteiger partial charge in [0.25, 0.3) is 0 Å². The fourth-order valence-electron chi connectivity index (χ4n) is 4.05. The van der Waals surface area contributed by atoms with Gasteiger partial charge in [-0.25, -0.2) is 9.98 Å². The first kappa shape index (κ1) is 16.2. The summed E-state index contributed by atoms with van der Waals surface area (Å²) in [5, 5.41) is 0. The van der Waals surface area contributed by atoms with Crippen molar-refractivity contribution in [2.24, 2.45) is 15.9 Å². The molecule has 2 unspecified atom stereocenters. The Bertz CT molecular complexity index is 969. The molecule has 3 nitrogen and oxygen atoms in total. The van der Waals surface area contributed by atoms with Crippen molar-refractivity contribution in [3.05, 3.63) is 89.1 Å². The van der Waals surface area contributed by atoms with Gasteiger partial charge in [-0.15, -0.1) is 0 Å². The molecule has 3 heteroatoms. The van der Waals surface area contributed by atoms with E-state index in [1.165, 1.54) is 16.7 Å². The van der Waals surface area contributed by atoms with Gasteiger partial charge in [0.05, 0.1) is 11.4 Å². The van der Waals surface area contributed by atoms with Crippen molar-refractivity contribution in [2.75, 3.05) is 0 Å². The topological polar surface area (TPSA) is 34.0 Å². The molecular formula is C24H22N2O. The molecule has 27 heavy (non-hydrogen) atoms. The highest BCUT2D eigenvalue weighted by Gasteiger charge is 2.24. The van der Waals surface area contributed by atoms with E-state index in [1.54, 1.807) is 6.34 Å². The predicted molar refractivity (Wildman–Crippen MR) is 110 cm³/mol. The predicted octanol–water partition coefficient (Wildman–Crippen LogP) is 4.91. The molecule has 0 radical (unpaired) electrons. The molecule has 0 spiro atoms. The van der Waals surface area contributed by atoms with E-state index in [2.05, 4.69) is 76.7 Å². The molecule has 2 atom stereocenters. The van der Waals surface area contributed by atoms with Gasteiger partial charge in [0.15, 0.2) is 0 Å². The van der Waals surface area contributed by atoms with E-state index in [1.807, 2.05) is 0 Å². The van der Waals surface area contributed by atoms with Gasteiger partial charge in [-0.3, -0.25) is 0 Å². The molecule has 0 saturated heterocycles. The average molecular weight is 354 g/mol. The SMILES string of the molecule is C1=CC(CCC2Cc3cc(Cc4ccccc4)ccc3O2)C=C2N=CN=C12. The van der Waals surface area contributed by atoms with Crippen LogP contribution in [0.2, 0.25) is 0 Å². The summed E-state index contributed by atoms with van der Waals surface area (Å²) in [7, 11) is 0. The molecule has 1 aliphatic carbocycles. The van der Waals surface area contributed by atoms with Crippen LogP contribution in [0, 0.1) is 5.92 Å². The molecule has 2 heterocycles. The summed E-state index contributed by atoms with van der Waals surface area (Å²) < 4.78 is 6.19. The molecular weight excluding hydrogens is 332 g/mol. The maximum atomic E-state index is 6.19. The molecule has 134 valence electrons. The molecule has 2 aliphatic heterocycles. The first-order valence-electron chi connectivity index (χ1n) is 9.66. The molecule has 2 aromatic rings. The van der Waals surface area contributed by atoms with E-state index < -0.39 is 0 Å². The average Bonchev–Trinajstić information content (AvgIpc) is 3.32. The Morgan fingerprint density at radius 1 is 1.00 bits per heavy atom. The van der Waals surface area contributed by atoms with Gasteiger partial charge >= 0.3 is 0 Å². The van der Waals surface area contributed by atoms with Crippen molar-refractivity contribution in [1.82, 2.24) is 0 Å². The molecule has 3 aliphatic rings.